The second-order valence-corrected chi connectivity index (χ2v) is 11.4. The fourth-order valence-corrected chi connectivity index (χ4v) is 6.10. The Kier molecular flexibility index (Phi) is 6.38. The molecule has 2 aliphatic heterocycles. The zero-order chi connectivity index (χ0) is 26.4. The van der Waals surface area contributed by atoms with Crippen molar-refractivity contribution in [3.63, 3.8) is 0 Å². The summed E-state index contributed by atoms with van der Waals surface area (Å²) in [5.41, 5.74) is 3.39. The van der Waals surface area contributed by atoms with E-state index in [1.165, 1.54) is 4.90 Å². The average molecular weight is 507 g/mol. The fourth-order valence-electron chi connectivity index (χ4n) is 6.10. The second kappa shape index (κ2) is 9.39. The van der Waals surface area contributed by atoms with E-state index in [2.05, 4.69) is 24.3 Å². The smallest absolute Gasteiger partial charge is 0.410 e. The van der Waals surface area contributed by atoms with Crippen molar-refractivity contribution in [3.8, 4) is 11.1 Å². The number of aliphatic carboxylic acids is 1. The van der Waals surface area contributed by atoms with Gasteiger partial charge in [-0.15, -0.1) is 0 Å². The Bertz CT molecular complexity index is 1170. The molecule has 0 saturated carbocycles. The first-order chi connectivity index (χ1) is 17.6. The number of ether oxygens (including phenoxy) is 2. The van der Waals surface area contributed by atoms with Crippen LogP contribution in [0.25, 0.3) is 11.1 Å². The SMILES string of the molecule is CC(C)(C)OC(=O)N1CCC2(CC1)CN(C(=O)OCC1c3ccccc3-c3ccccc31)C[C@@H]2C(=O)O. The molecule has 196 valence electrons. The number of hydrogen-bond donors (Lipinski definition) is 1. The summed E-state index contributed by atoms with van der Waals surface area (Å²) < 4.78 is 11.3. The molecule has 37 heavy (non-hydrogen) atoms. The maximum absolute atomic E-state index is 13.2. The van der Waals surface area contributed by atoms with E-state index in [-0.39, 0.29) is 25.2 Å². The normalized spacial score (nSPS) is 20.5. The van der Waals surface area contributed by atoms with Gasteiger partial charge in [-0.1, -0.05) is 48.5 Å². The highest BCUT2D eigenvalue weighted by Crippen LogP contribution is 2.46. The number of nitrogens with zero attached hydrogens (tertiary/aromatic N) is 2. The molecule has 8 heteroatoms. The van der Waals surface area contributed by atoms with Gasteiger partial charge in [0.1, 0.15) is 12.2 Å². The van der Waals surface area contributed by atoms with E-state index in [1.54, 1.807) is 4.90 Å². The minimum Gasteiger partial charge on any atom is -0.481 e. The van der Waals surface area contributed by atoms with Gasteiger partial charge in [0.2, 0.25) is 0 Å². The Morgan fingerprint density at radius 3 is 2.03 bits per heavy atom. The summed E-state index contributed by atoms with van der Waals surface area (Å²) >= 11 is 0. The third-order valence-corrected chi connectivity index (χ3v) is 7.95. The van der Waals surface area contributed by atoms with Crippen molar-refractivity contribution in [1.29, 1.82) is 0 Å². The Morgan fingerprint density at radius 2 is 1.49 bits per heavy atom. The highest BCUT2D eigenvalue weighted by atomic mass is 16.6. The standard InChI is InChI=1S/C29H34N2O6/c1-28(2,3)37-27(35)30-14-12-29(13-15-30)18-31(16-24(29)25(32)33)26(34)36-17-23-21-10-6-4-8-19(21)20-9-5-7-11-22(20)23/h4-11,23-24H,12-18H2,1-3H3,(H,32,33)/t24-/m1/s1. The number of likely N-dealkylation sites (tertiary alicyclic amines) is 2. The fraction of sp³-hybridized carbons (Fsp3) is 0.483. The highest BCUT2D eigenvalue weighted by molar-refractivity contribution is 5.79. The summed E-state index contributed by atoms with van der Waals surface area (Å²) in [6, 6.07) is 16.3. The zero-order valence-corrected chi connectivity index (χ0v) is 21.6. The molecule has 1 aliphatic carbocycles. The number of carboxylic acid groups (broad SMARTS) is 1. The Hall–Kier alpha value is -3.55. The number of rotatable bonds is 3. The third kappa shape index (κ3) is 4.77. The molecule has 2 heterocycles. The molecule has 2 saturated heterocycles. The number of hydrogen-bond acceptors (Lipinski definition) is 5. The van der Waals surface area contributed by atoms with Gasteiger partial charge in [-0.2, -0.15) is 0 Å². The molecule has 0 aromatic heterocycles. The molecular formula is C29H34N2O6. The van der Waals surface area contributed by atoms with E-state index in [0.29, 0.717) is 32.5 Å². The minimum absolute atomic E-state index is 0.0553. The number of piperidine rings is 1. The Labute approximate surface area is 217 Å². The van der Waals surface area contributed by atoms with Crippen LogP contribution in [0.2, 0.25) is 0 Å². The number of benzene rings is 2. The van der Waals surface area contributed by atoms with Crippen molar-refractivity contribution in [2.75, 3.05) is 32.8 Å². The van der Waals surface area contributed by atoms with Crippen molar-refractivity contribution < 1.29 is 29.0 Å². The van der Waals surface area contributed by atoms with Crippen molar-refractivity contribution >= 4 is 18.2 Å². The quantitative estimate of drug-likeness (QED) is 0.632. The molecule has 2 amide bonds. The average Bonchev–Trinajstić information content (AvgIpc) is 3.38. The molecule has 1 spiro atoms. The van der Waals surface area contributed by atoms with Gasteiger partial charge in [-0.3, -0.25) is 4.79 Å². The lowest BCUT2D eigenvalue weighted by Gasteiger charge is -2.41. The van der Waals surface area contributed by atoms with Crippen LogP contribution in [0.5, 0.6) is 0 Å². The van der Waals surface area contributed by atoms with Crippen LogP contribution < -0.4 is 0 Å². The van der Waals surface area contributed by atoms with Crippen molar-refractivity contribution in [2.24, 2.45) is 11.3 Å². The van der Waals surface area contributed by atoms with Crippen LogP contribution in [0.3, 0.4) is 0 Å². The van der Waals surface area contributed by atoms with E-state index in [4.69, 9.17) is 9.47 Å². The first-order valence-electron chi connectivity index (χ1n) is 12.9. The summed E-state index contributed by atoms with van der Waals surface area (Å²) in [7, 11) is 0. The van der Waals surface area contributed by atoms with Gasteiger partial charge in [-0.25, -0.2) is 9.59 Å². The molecule has 2 aromatic rings. The summed E-state index contributed by atoms with van der Waals surface area (Å²) in [6.07, 6.45) is 0.118. The molecule has 2 aromatic carbocycles. The van der Waals surface area contributed by atoms with Crippen LogP contribution in [0, 0.1) is 11.3 Å². The molecule has 1 atom stereocenters. The van der Waals surface area contributed by atoms with E-state index < -0.39 is 29.0 Å². The lowest BCUT2D eigenvalue weighted by atomic mass is 9.71. The topological polar surface area (TPSA) is 96.4 Å². The molecule has 3 aliphatic rings. The molecule has 0 unspecified atom stereocenters. The molecule has 2 fully saturated rings. The second-order valence-electron chi connectivity index (χ2n) is 11.4. The lowest BCUT2D eigenvalue weighted by Crippen LogP contribution is -2.49. The van der Waals surface area contributed by atoms with Crippen LogP contribution in [0.4, 0.5) is 9.59 Å². The predicted octanol–water partition coefficient (Wildman–Crippen LogP) is 4.97. The first-order valence-corrected chi connectivity index (χ1v) is 12.9. The number of carbonyl (C=O) groups is 3. The van der Waals surface area contributed by atoms with E-state index in [0.717, 1.165) is 22.3 Å². The molecular weight excluding hydrogens is 472 g/mol. The molecule has 0 bridgehead atoms. The van der Waals surface area contributed by atoms with Crippen LogP contribution in [-0.2, 0) is 14.3 Å². The van der Waals surface area contributed by atoms with E-state index in [1.807, 2.05) is 45.0 Å². The van der Waals surface area contributed by atoms with Crippen LogP contribution in [0.15, 0.2) is 48.5 Å². The van der Waals surface area contributed by atoms with Gasteiger partial charge in [-0.05, 0) is 55.9 Å². The van der Waals surface area contributed by atoms with Crippen LogP contribution >= 0.6 is 0 Å². The maximum atomic E-state index is 13.2. The van der Waals surface area contributed by atoms with Crippen molar-refractivity contribution in [2.45, 2.75) is 45.1 Å². The van der Waals surface area contributed by atoms with Gasteiger partial charge in [0.05, 0.1) is 5.92 Å². The Balaban J connectivity index is 1.25. The predicted molar refractivity (Wildman–Crippen MR) is 137 cm³/mol. The van der Waals surface area contributed by atoms with Gasteiger partial charge in [0.25, 0.3) is 0 Å². The summed E-state index contributed by atoms with van der Waals surface area (Å²) in [5, 5.41) is 10.00. The van der Waals surface area contributed by atoms with E-state index >= 15 is 0 Å². The first kappa shape index (κ1) is 25.1. The summed E-state index contributed by atoms with van der Waals surface area (Å²) in [5.74, 6) is -1.67. The molecule has 1 N–H and O–H groups in total. The zero-order valence-electron chi connectivity index (χ0n) is 21.6. The highest BCUT2D eigenvalue weighted by Gasteiger charge is 2.53. The monoisotopic (exact) mass is 506 g/mol. The van der Waals surface area contributed by atoms with E-state index in [9.17, 15) is 19.5 Å². The Morgan fingerprint density at radius 1 is 0.919 bits per heavy atom. The molecule has 0 radical (unpaired) electrons. The number of amides is 2. The van der Waals surface area contributed by atoms with Gasteiger partial charge < -0.3 is 24.4 Å². The van der Waals surface area contributed by atoms with Crippen molar-refractivity contribution in [3.05, 3.63) is 59.7 Å². The minimum atomic E-state index is -0.917. The molecule has 8 nitrogen and oxygen atoms in total. The number of carbonyl (C=O) groups excluding carboxylic acids is 2. The maximum Gasteiger partial charge on any atom is 0.410 e. The summed E-state index contributed by atoms with van der Waals surface area (Å²) in [4.78, 5) is 41.0. The largest absolute Gasteiger partial charge is 0.481 e. The lowest BCUT2D eigenvalue weighted by molar-refractivity contribution is -0.145. The van der Waals surface area contributed by atoms with Gasteiger partial charge in [0.15, 0.2) is 0 Å². The van der Waals surface area contributed by atoms with Gasteiger partial charge >= 0.3 is 18.2 Å². The number of carboxylic acids is 1. The van der Waals surface area contributed by atoms with Gasteiger partial charge in [0, 0.05) is 37.5 Å². The van der Waals surface area contributed by atoms with Crippen LogP contribution in [0.1, 0.15) is 50.7 Å². The van der Waals surface area contributed by atoms with Crippen molar-refractivity contribution in [1.82, 2.24) is 9.80 Å². The summed E-state index contributed by atoms with van der Waals surface area (Å²) in [6.45, 7) is 6.87. The molecule has 5 rings (SSSR count). The number of fused-ring (bicyclic) bond motifs is 3. The third-order valence-electron chi connectivity index (χ3n) is 7.95. The van der Waals surface area contributed by atoms with Crippen LogP contribution in [-0.4, -0.2) is 71.4 Å².